The first-order valence-electron chi connectivity index (χ1n) is 22.9. The highest BCUT2D eigenvalue weighted by atomic mass is 19.4. The monoisotopic (exact) mass is 1160 g/mol. The standard InChI is InChI=1S/C38H46N10O4.4C2HF3O2/c39-9-1-13-49-33-19-31(20-34(23-33)50-14-2-10-40)47-25-37(43-45-47)28-7-5-27-6-8-29(18-30(27)17-28)38-26-48(46-44-38)32-21-35(51-15-3-11-41)24-36(22-32)52-16-4-12-42;4*3-2(4,5)1(6)7/h5-8,17-26H,1-4,9-16,39-42H2;4*(H,6,7). The lowest BCUT2D eigenvalue weighted by Gasteiger charge is -2.11. The number of carbonyl (C=O) groups excluding carboxylic acids is 4. The van der Waals surface area contributed by atoms with E-state index >= 15 is 0 Å². The van der Waals surface area contributed by atoms with E-state index < -0.39 is 48.6 Å². The summed E-state index contributed by atoms with van der Waals surface area (Å²) in [5, 5.41) is 55.2. The molecule has 80 heavy (non-hydrogen) atoms. The predicted molar refractivity (Wildman–Crippen MR) is 240 cm³/mol. The van der Waals surface area contributed by atoms with Gasteiger partial charge in [0.15, 0.2) is 0 Å². The minimum atomic E-state index is -5.19. The number of hydrogen-bond donors (Lipinski definition) is 4. The fourth-order valence-corrected chi connectivity index (χ4v) is 5.49. The molecule has 0 spiro atoms. The van der Waals surface area contributed by atoms with E-state index in [9.17, 15) is 52.7 Å². The van der Waals surface area contributed by atoms with E-state index in [4.69, 9.17) is 58.6 Å². The summed E-state index contributed by atoms with van der Waals surface area (Å²) in [5.41, 5.74) is 20.6. The molecule has 0 amide bonds. The number of carboxylic acid groups (broad SMARTS) is 4. The molecule has 440 valence electrons. The normalized spacial score (nSPS) is 11.2. The largest absolute Gasteiger partial charge is 0.542 e. The highest BCUT2D eigenvalue weighted by Crippen LogP contribution is 2.31. The number of fused-ring (bicyclic) bond motifs is 1. The van der Waals surface area contributed by atoms with Gasteiger partial charge in [-0.05, 0) is 22.9 Å². The first-order valence-corrected chi connectivity index (χ1v) is 22.9. The molecule has 0 unspecified atom stereocenters. The summed E-state index contributed by atoms with van der Waals surface area (Å²) in [6, 6.07) is 24.1. The predicted octanol–water partition coefficient (Wildman–Crippen LogP) is -1.43. The molecule has 2 heterocycles. The fourth-order valence-electron chi connectivity index (χ4n) is 5.49. The number of halogens is 12. The van der Waals surface area contributed by atoms with E-state index in [-0.39, 0.29) is 0 Å². The van der Waals surface area contributed by atoms with E-state index in [0.29, 0.717) is 49.4 Å². The molecule has 0 aliphatic carbocycles. The van der Waals surface area contributed by atoms with E-state index in [1.165, 1.54) is 0 Å². The molecule has 0 saturated carbocycles. The lowest BCUT2D eigenvalue weighted by atomic mass is 10.0. The average molecular weight is 1160 g/mol. The van der Waals surface area contributed by atoms with Crippen molar-refractivity contribution < 1.29 is 134 Å². The van der Waals surface area contributed by atoms with E-state index in [2.05, 4.69) is 80.0 Å². The van der Waals surface area contributed by atoms with E-state index in [1.807, 2.05) is 48.8 Å². The number of nitrogens with zero attached hydrogens (tertiary/aromatic N) is 6. The smallest absolute Gasteiger partial charge is 0.430 e. The zero-order chi connectivity index (χ0) is 60.4. The number of quaternary nitrogens is 4. The van der Waals surface area contributed by atoms with Crippen LogP contribution >= 0.6 is 0 Å². The van der Waals surface area contributed by atoms with Gasteiger partial charge in [-0.25, -0.2) is 9.36 Å². The average Bonchev–Trinajstić information content (AvgIpc) is 4.08. The number of alkyl halides is 12. The van der Waals surface area contributed by atoms with Crippen LogP contribution in [0.15, 0.2) is 85.2 Å². The van der Waals surface area contributed by atoms with Crippen molar-refractivity contribution in [3.63, 3.8) is 0 Å². The van der Waals surface area contributed by atoms with E-state index in [1.54, 1.807) is 9.36 Å². The molecule has 6 rings (SSSR count). The van der Waals surface area contributed by atoms with Crippen LogP contribution in [0.25, 0.3) is 44.7 Å². The molecule has 0 fully saturated rings. The number of carboxylic acids is 4. The van der Waals surface area contributed by atoms with Crippen LogP contribution in [0.2, 0.25) is 0 Å². The molecular weight excluding hydrogens is 1110 g/mol. The number of rotatable bonds is 20. The molecule has 0 atom stereocenters. The summed E-state index contributed by atoms with van der Waals surface area (Å²) >= 11 is 0. The number of ether oxygens (including phenoxy) is 4. The molecule has 0 aliphatic heterocycles. The Morgan fingerprint density at radius 2 is 0.662 bits per heavy atom. The Labute approximate surface area is 443 Å². The third-order valence-electron chi connectivity index (χ3n) is 9.26. The van der Waals surface area contributed by atoms with Crippen molar-refractivity contribution in [1.82, 2.24) is 30.0 Å². The van der Waals surface area contributed by atoms with Crippen LogP contribution in [0.5, 0.6) is 23.0 Å². The third-order valence-corrected chi connectivity index (χ3v) is 9.26. The summed E-state index contributed by atoms with van der Waals surface area (Å²) in [6.07, 6.45) is -13.5. The number of benzene rings is 4. The molecule has 22 nitrogen and oxygen atoms in total. The summed E-state index contributed by atoms with van der Waals surface area (Å²) in [4.78, 5) is 35.1. The zero-order valence-corrected chi connectivity index (χ0v) is 41.5. The lowest BCUT2D eigenvalue weighted by molar-refractivity contribution is -0.369. The number of hydrogen-bond acceptors (Lipinski definition) is 16. The molecule has 2 aromatic heterocycles. The van der Waals surface area contributed by atoms with Gasteiger partial charge < -0.3 is 81.5 Å². The van der Waals surface area contributed by atoms with Gasteiger partial charge in [-0.1, -0.05) is 34.7 Å². The molecule has 0 saturated heterocycles. The first-order chi connectivity index (χ1) is 37.3. The topological polar surface area (TPSA) is 369 Å². The van der Waals surface area contributed by atoms with Crippen LogP contribution in [-0.4, -0.2) is 131 Å². The summed E-state index contributed by atoms with van der Waals surface area (Å²) in [7, 11) is 0. The molecule has 0 aliphatic rings. The van der Waals surface area contributed by atoms with Gasteiger partial charge in [0, 0.05) is 73.2 Å². The molecule has 0 bridgehead atoms. The van der Waals surface area contributed by atoms with Crippen LogP contribution in [-0.2, 0) is 19.2 Å². The van der Waals surface area contributed by atoms with Gasteiger partial charge >= 0.3 is 24.7 Å². The highest BCUT2D eigenvalue weighted by Gasteiger charge is 2.30. The van der Waals surface area contributed by atoms with Crippen LogP contribution in [0, 0.1) is 0 Å². The molecular formula is C46H50F12N10O12. The van der Waals surface area contributed by atoms with Gasteiger partial charge in [-0.3, -0.25) is 0 Å². The van der Waals surface area contributed by atoms with Crippen LogP contribution in [0.3, 0.4) is 0 Å². The maximum absolute atomic E-state index is 10.5. The second-order valence-corrected chi connectivity index (χ2v) is 15.6. The highest BCUT2D eigenvalue weighted by molar-refractivity contribution is 5.90. The maximum atomic E-state index is 10.5. The quantitative estimate of drug-likeness (QED) is 0.0503. The maximum Gasteiger partial charge on any atom is 0.430 e. The number of aliphatic carboxylic acids is 4. The van der Waals surface area contributed by atoms with Crippen LogP contribution in [0.4, 0.5) is 52.7 Å². The zero-order valence-electron chi connectivity index (χ0n) is 41.5. The Morgan fingerprint density at radius 1 is 0.412 bits per heavy atom. The summed E-state index contributed by atoms with van der Waals surface area (Å²) in [6.45, 7) is 5.55. The van der Waals surface area contributed by atoms with Gasteiger partial charge in [0.25, 0.3) is 0 Å². The van der Waals surface area contributed by atoms with Crippen LogP contribution in [0.1, 0.15) is 25.7 Å². The Hall–Kier alpha value is -8.50. The summed E-state index contributed by atoms with van der Waals surface area (Å²) in [5.74, 6) is -9.17. The van der Waals surface area contributed by atoms with Crippen LogP contribution < -0.4 is 62.3 Å². The Bertz CT molecular complexity index is 2620. The second kappa shape index (κ2) is 31.8. The van der Waals surface area contributed by atoms with Gasteiger partial charge in [-0.15, -0.1) is 10.2 Å². The molecule has 34 heteroatoms. The Balaban J connectivity index is 0.000000638. The molecule has 6 aromatic rings. The summed E-state index contributed by atoms with van der Waals surface area (Å²) < 4.78 is 154. The molecule has 12 N–H and O–H groups in total. The van der Waals surface area contributed by atoms with Crippen molar-refractivity contribution in [3.05, 3.63) is 85.2 Å². The van der Waals surface area contributed by atoms with Crippen molar-refractivity contribution >= 4 is 34.6 Å². The Kier molecular flexibility index (Phi) is 26.9. The SMILES string of the molecule is O=C([O-])C(F)(F)F.O=C([O-])C(F)(F)F.O=C([O-])C(F)(F)F.O=C([O-])C(F)(F)F.[NH3+]CCCOc1cc(OCCC[NH3+])cc(-n2cc(-c3ccc4ccc(-c5cn(-c6cc(OCCC[NH3+])cc(OCCC[NH3+])c6)nn5)cc4c3)nn2)c1. The molecule has 4 aromatic carbocycles. The minimum absolute atomic E-state index is 0.579. The van der Waals surface area contributed by atoms with Gasteiger partial charge in [0.05, 0.1) is 76.4 Å². The van der Waals surface area contributed by atoms with Crippen molar-refractivity contribution in [2.75, 3.05) is 52.6 Å². The van der Waals surface area contributed by atoms with Crippen molar-refractivity contribution in [1.29, 1.82) is 0 Å². The first kappa shape index (κ1) is 67.6. The van der Waals surface area contributed by atoms with Gasteiger partial charge in [-0.2, -0.15) is 52.7 Å². The molecule has 0 radical (unpaired) electrons. The van der Waals surface area contributed by atoms with Crippen molar-refractivity contribution in [2.45, 2.75) is 50.4 Å². The number of carbonyl (C=O) groups is 4. The Morgan fingerprint density at radius 3 is 0.887 bits per heavy atom. The van der Waals surface area contributed by atoms with Crippen molar-refractivity contribution in [2.24, 2.45) is 0 Å². The number of aromatic nitrogens is 6. The lowest BCUT2D eigenvalue weighted by Crippen LogP contribution is -2.50. The minimum Gasteiger partial charge on any atom is -0.542 e. The fraction of sp³-hybridized carbons (Fsp3) is 0.348. The van der Waals surface area contributed by atoms with E-state index in [0.717, 1.165) is 96.5 Å². The second-order valence-electron chi connectivity index (χ2n) is 15.6. The van der Waals surface area contributed by atoms with Gasteiger partial charge in [0.2, 0.25) is 0 Å². The third kappa shape index (κ3) is 24.4. The van der Waals surface area contributed by atoms with Gasteiger partial charge in [0.1, 0.15) is 58.3 Å². The van der Waals surface area contributed by atoms with Crippen molar-refractivity contribution in [3.8, 4) is 56.9 Å².